The number of rotatable bonds is 5. The zero-order valence-corrected chi connectivity index (χ0v) is 12.8. The summed E-state index contributed by atoms with van der Waals surface area (Å²) in [5.41, 5.74) is 1.26. The smallest absolute Gasteiger partial charge is 0.0453 e. The molecule has 1 N–H and O–H groups in total. The highest BCUT2D eigenvalue weighted by molar-refractivity contribution is 6.31. The van der Waals surface area contributed by atoms with Crippen molar-refractivity contribution in [2.24, 2.45) is 0 Å². The lowest BCUT2D eigenvalue weighted by atomic mass is 9.95. The molecule has 0 saturated carbocycles. The maximum Gasteiger partial charge on any atom is 0.0453 e. The van der Waals surface area contributed by atoms with Gasteiger partial charge in [-0.3, -0.25) is 4.90 Å². The lowest BCUT2D eigenvalue weighted by molar-refractivity contribution is 0.0972. The van der Waals surface area contributed by atoms with E-state index in [1.807, 2.05) is 19.2 Å². The molecular weight excluding hydrogens is 256 g/mol. The molecule has 1 aliphatic rings. The molecule has 0 aromatic heterocycles. The molecule has 3 heteroatoms. The van der Waals surface area contributed by atoms with E-state index in [0.717, 1.165) is 11.6 Å². The minimum Gasteiger partial charge on any atom is -0.320 e. The van der Waals surface area contributed by atoms with Crippen molar-refractivity contribution in [1.29, 1.82) is 0 Å². The molecule has 1 heterocycles. The van der Waals surface area contributed by atoms with Gasteiger partial charge in [0, 0.05) is 17.1 Å². The van der Waals surface area contributed by atoms with Crippen LogP contribution >= 0.6 is 11.6 Å². The van der Waals surface area contributed by atoms with Crippen molar-refractivity contribution in [3.8, 4) is 0 Å². The van der Waals surface area contributed by atoms with Crippen LogP contribution in [0.5, 0.6) is 0 Å². The molecule has 2 rings (SSSR count). The lowest BCUT2D eigenvalue weighted by Gasteiger charge is -2.40. The maximum atomic E-state index is 6.35. The highest BCUT2D eigenvalue weighted by Gasteiger charge is 2.27. The molecule has 19 heavy (non-hydrogen) atoms. The highest BCUT2D eigenvalue weighted by atomic mass is 35.5. The summed E-state index contributed by atoms with van der Waals surface area (Å²) >= 11 is 6.35. The molecule has 0 spiro atoms. The Labute approximate surface area is 122 Å². The zero-order valence-electron chi connectivity index (χ0n) is 12.0. The maximum absolute atomic E-state index is 6.35. The summed E-state index contributed by atoms with van der Waals surface area (Å²) in [6.45, 7) is 4.58. The molecule has 0 aliphatic carbocycles. The number of hydrogen-bond acceptors (Lipinski definition) is 2. The predicted octanol–water partition coefficient (Wildman–Crippen LogP) is 3.87. The Morgan fingerprint density at radius 3 is 2.89 bits per heavy atom. The van der Waals surface area contributed by atoms with Crippen molar-refractivity contribution in [2.75, 3.05) is 20.1 Å². The molecular formula is C16H25ClN2. The Balaban J connectivity index is 2.10. The summed E-state index contributed by atoms with van der Waals surface area (Å²) in [5.74, 6) is 0. The lowest BCUT2D eigenvalue weighted by Crippen LogP contribution is -2.42. The van der Waals surface area contributed by atoms with Crippen molar-refractivity contribution in [3.05, 3.63) is 34.9 Å². The largest absolute Gasteiger partial charge is 0.320 e. The van der Waals surface area contributed by atoms with Crippen molar-refractivity contribution < 1.29 is 0 Å². The second kappa shape index (κ2) is 7.28. The van der Waals surface area contributed by atoms with E-state index in [1.54, 1.807) is 0 Å². The Morgan fingerprint density at radius 2 is 2.16 bits per heavy atom. The van der Waals surface area contributed by atoms with Gasteiger partial charge in [0.05, 0.1) is 0 Å². The summed E-state index contributed by atoms with van der Waals surface area (Å²) in [5, 5.41) is 4.17. The van der Waals surface area contributed by atoms with Crippen molar-refractivity contribution >= 4 is 11.6 Å². The number of nitrogens with one attached hydrogen (secondary N) is 1. The van der Waals surface area contributed by atoms with Gasteiger partial charge in [-0.15, -0.1) is 0 Å². The van der Waals surface area contributed by atoms with Gasteiger partial charge in [0.25, 0.3) is 0 Å². The third-order valence-electron chi connectivity index (χ3n) is 4.25. The third kappa shape index (κ3) is 3.71. The summed E-state index contributed by atoms with van der Waals surface area (Å²) in [7, 11) is 2.03. The molecule has 1 fully saturated rings. The molecule has 2 nitrogen and oxygen atoms in total. The van der Waals surface area contributed by atoms with Crippen LogP contribution in [-0.2, 0) is 0 Å². The van der Waals surface area contributed by atoms with Crippen LogP contribution in [0.15, 0.2) is 24.3 Å². The predicted molar refractivity (Wildman–Crippen MR) is 82.8 cm³/mol. The van der Waals surface area contributed by atoms with Gasteiger partial charge in [-0.2, -0.15) is 0 Å². The van der Waals surface area contributed by atoms with Crippen LogP contribution < -0.4 is 5.32 Å². The first-order chi connectivity index (χ1) is 9.24. The van der Waals surface area contributed by atoms with Gasteiger partial charge < -0.3 is 5.32 Å². The molecule has 1 aliphatic heterocycles. The van der Waals surface area contributed by atoms with Gasteiger partial charge in [0.1, 0.15) is 0 Å². The van der Waals surface area contributed by atoms with E-state index in [0.29, 0.717) is 12.1 Å². The van der Waals surface area contributed by atoms with E-state index in [4.69, 9.17) is 11.6 Å². The van der Waals surface area contributed by atoms with Gasteiger partial charge in [0.2, 0.25) is 0 Å². The molecule has 2 unspecified atom stereocenters. The number of benzene rings is 1. The number of nitrogens with zero attached hydrogens (tertiary/aromatic N) is 1. The fourth-order valence-corrected chi connectivity index (χ4v) is 3.44. The average Bonchev–Trinajstić information content (AvgIpc) is 2.45. The van der Waals surface area contributed by atoms with Crippen LogP contribution in [0, 0.1) is 0 Å². The first kappa shape index (κ1) is 14.8. The van der Waals surface area contributed by atoms with Gasteiger partial charge in [0.15, 0.2) is 0 Å². The molecule has 0 amide bonds. The van der Waals surface area contributed by atoms with Crippen LogP contribution in [0.4, 0.5) is 0 Å². The molecule has 0 radical (unpaired) electrons. The molecule has 1 saturated heterocycles. The van der Waals surface area contributed by atoms with Crippen molar-refractivity contribution in [3.63, 3.8) is 0 Å². The van der Waals surface area contributed by atoms with Crippen molar-refractivity contribution in [2.45, 2.75) is 44.7 Å². The van der Waals surface area contributed by atoms with Crippen LogP contribution in [0.1, 0.15) is 44.2 Å². The number of likely N-dealkylation sites (tertiary alicyclic amines) is 1. The zero-order chi connectivity index (χ0) is 13.7. The Bertz CT molecular complexity index is 394. The fourth-order valence-electron chi connectivity index (χ4n) is 3.15. The summed E-state index contributed by atoms with van der Waals surface area (Å²) in [4.78, 5) is 2.64. The molecule has 106 valence electrons. The van der Waals surface area contributed by atoms with Gasteiger partial charge in [-0.1, -0.05) is 36.2 Å². The van der Waals surface area contributed by atoms with Crippen molar-refractivity contribution in [1.82, 2.24) is 10.2 Å². The van der Waals surface area contributed by atoms with E-state index >= 15 is 0 Å². The second-order valence-electron chi connectivity index (χ2n) is 5.48. The topological polar surface area (TPSA) is 15.3 Å². The molecule has 0 bridgehead atoms. The van der Waals surface area contributed by atoms with Crippen LogP contribution in [0.2, 0.25) is 5.02 Å². The summed E-state index contributed by atoms with van der Waals surface area (Å²) < 4.78 is 0. The first-order valence-corrected chi connectivity index (χ1v) is 7.76. The standard InChI is InChI=1S/C16H25ClN2/c1-13(15-8-3-4-9-16(15)17)19-12-6-5-7-14(19)10-11-18-2/h3-4,8-9,13-14,18H,5-7,10-12H2,1-2H3. The quantitative estimate of drug-likeness (QED) is 0.881. The van der Waals surface area contributed by atoms with E-state index in [2.05, 4.69) is 29.3 Å². The van der Waals surface area contributed by atoms with Gasteiger partial charge >= 0.3 is 0 Å². The van der Waals surface area contributed by atoms with Gasteiger partial charge in [-0.05, 0) is 58.0 Å². The minimum atomic E-state index is 0.413. The highest BCUT2D eigenvalue weighted by Crippen LogP contribution is 2.32. The summed E-state index contributed by atoms with van der Waals surface area (Å²) in [6, 6.07) is 9.36. The Kier molecular flexibility index (Phi) is 5.68. The average molecular weight is 281 g/mol. The fraction of sp³-hybridized carbons (Fsp3) is 0.625. The van der Waals surface area contributed by atoms with Crippen LogP contribution in [0.3, 0.4) is 0 Å². The van der Waals surface area contributed by atoms with E-state index in [9.17, 15) is 0 Å². The second-order valence-corrected chi connectivity index (χ2v) is 5.88. The monoisotopic (exact) mass is 280 g/mol. The van der Waals surface area contributed by atoms with Gasteiger partial charge in [-0.25, -0.2) is 0 Å². The van der Waals surface area contributed by atoms with E-state index in [1.165, 1.54) is 37.8 Å². The van der Waals surface area contributed by atoms with E-state index < -0.39 is 0 Å². The summed E-state index contributed by atoms with van der Waals surface area (Å²) in [6.07, 6.45) is 5.22. The minimum absolute atomic E-state index is 0.413. The Hall–Kier alpha value is -0.570. The number of piperidine rings is 1. The third-order valence-corrected chi connectivity index (χ3v) is 4.60. The van der Waals surface area contributed by atoms with Crippen LogP contribution in [0.25, 0.3) is 0 Å². The molecule has 1 aromatic carbocycles. The number of halogens is 1. The first-order valence-electron chi connectivity index (χ1n) is 7.39. The molecule has 1 aromatic rings. The van der Waals surface area contributed by atoms with Crippen LogP contribution in [-0.4, -0.2) is 31.1 Å². The molecule has 2 atom stereocenters. The number of hydrogen-bond donors (Lipinski definition) is 1. The normalized spacial score (nSPS) is 22.4. The Morgan fingerprint density at radius 1 is 1.37 bits per heavy atom. The van der Waals surface area contributed by atoms with E-state index in [-0.39, 0.29) is 0 Å². The SMILES string of the molecule is CNCCC1CCCCN1C(C)c1ccccc1Cl.